The summed E-state index contributed by atoms with van der Waals surface area (Å²) in [6.45, 7) is 0. The highest BCUT2D eigenvalue weighted by molar-refractivity contribution is 5.54. The van der Waals surface area contributed by atoms with Crippen molar-refractivity contribution in [1.82, 2.24) is 9.97 Å². The van der Waals surface area contributed by atoms with Gasteiger partial charge in [-0.05, 0) is 59.7 Å². The van der Waals surface area contributed by atoms with E-state index in [-0.39, 0.29) is 0 Å². The van der Waals surface area contributed by atoms with Gasteiger partial charge in [0, 0.05) is 24.2 Å². The Hall–Kier alpha value is -3.66. The van der Waals surface area contributed by atoms with Gasteiger partial charge in [-0.25, -0.2) is 0 Å². The second-order valence-corrected chi connectivity index (χ2v) is 7.08. The van der Waals surface area contributed by atoms with Gasteiger partial charge in [0.25, 0.3) is 0 Å². The van der Waals surface area contributed by atoms with Crippen LogP contribution in [0.4, 0.5) is 0 Å². The maximum atomic E-state index is 5.32. The highest BCUT2D eigenvalue weighted by atomic mass is 16.5. The van der Waals surface area contributed by atoms with Gasteiger partial charge >= 0.3 is 0 Å². The smallest absolute Gasteiger partial charge is 0.119 e. The molecule has 4 nitrogen and oxygen atoms in total. The molecule has 150 valence electrons. The van der Waals surface area contributed by atoms with E-state index < -0.39 is 0 Å². The first-order valence-corrected chi connectivity index (χ1v) is 9.91. The van der Waals surface area contributed by atoms with Gasteiger partial charge in [-0.15, -0.1) is 0 Å². The van der Waals surface area contributed by atoms with Crippen LogP contribution in [-0.2, 0) is 12.8 Å². The molecule has 0 saturated carbocycles. The van der Waals surface area contributed by atoms with E-state index in [2.05, 4.69) is 12.1 Å². The van der Waals surface area contributed by atoms with Crippen molar-refractivity contribution >= 4 is 0 Å². The number of ether oxygens (including phenoxy) is 2. The summed E-state index contributed by atoms with van der Waals surface area (Å²) < 4.78 is 10.6. The van der Waals surface area contributed by atoms with Gasteiger partial charge in [-0.3, -0.25) is 9.97 Å². The first-order chi connectivity index (χ1) is 14.7. The third-order valence-electron chi connectivity index (χ3n) is 4.91. The van der Waals surface area contributed by atoms with E-state index in [4.69, 9.17) is 19.4 Å². The van der Waals surface area contributed by atoms with Crippen LogP contribution in [0.3, 0.4) is 0 Å². The third-order valence-corrected chi connectivity index (χ3v) is 4.91. The zero-order chi connectivity index (χ0) is 20.8. The second kappa shape index (κ2) is 9.23. The van der Waals surface area contributed by atoms with Gasteiger partial charge in [0.2, 0.25) is 0 Å². The van der Waals surface area contributed by atoms with Gasteiger partial charge in [-0.1, -0.05) is 36.4 Å². The van der Waals surface area contributed by atoms with Crippen LogP contribution in [0.5, 0.6) is 11.5 Å². The minimum absolute atomic E-state index is 0.745. The molecule has 4 rings (SSSR count). The van der Waals surface area contributed by atoms with Crippen LogP contribution in [0.2, 0.25) is 0 Å². The Morgan fingerprint density at radius 1 is 0.567 bits per heavy atom. The minimum Gasteiger partial charge on any atom is -0.497 e. The molecule has 0 fully saturated rings. The fourth-order valence-corrected chi connectivity index (χ4v) is 3.42. The van der Waals surface area contributed by atoms with Gasteiger partial charge in [0.1, 0.15) is 11.5 Å². The second-order valence-electron chi connectivity index (χ2n) is 7.08. The first-order valence-electron chi connectivity index (χ1n) is 9.91. The monoisotopic (exact) mass is 396 g/mol. The number of nitrogens with zero attached hydrogens (tertiary/aromatic N) is 2. The van der Waals surface area contributed by atoms with E-state index in [9.17, 15) is 0 Å². The largest absolute Gasteiger partial charge is 0.497 e. The molecule has 2 aromatic heterocycles. The zero-order valence-corrected chi connectivity index (χ0v) is 17.2. The molecule has 0 amide bonds. The summed E-state index contributed by atoms with van der Waals surface area (Å²) in [7, 11) is 3.37. The molecule has 0 bridgehead atoms. The average molecular weight is 396 g/mol. The predicted octanol–water partition coefficient (Wildman–Crippen LogP) is 5.34. The zero-order valence-electron chi connectivity index (χ0n) is 17.2. The molecule has 2 heterocycles. The van der Waals surface area contributed by atoms with Crippen LogP contribution in [0.1, 0.15) is 22.5 Å². The molecule has 30 heavy (non-hydrogen) atoms. The number of methoxy groups -OCH3 is 2. The summed E-state index contributed by atoms with van der Waals surface area (Å²) >= 11 is 0. The Morgan fingerprint density at radius 3 is 1.43 bits per heavy atom. The molecule has 0 saturated heterocycles. The first kappa shape index (κ1) is 19.6. The molecule has 4 aromatic rings. The van der Waals surface area contributed by atoms with Crippen molar-refractivity contribution in [3.05, 3.63) is 107 Å². The van der Waals surface area contributed by atoms with E-state index in [1.165, 1.54) is 11.1 Å². The predicted molar refractivity (Wildman–Crippen MR) is 119 cm³/mol. The topological polar surface area (TPSA) is 44.2 Å². The highest BCUT2D eigenvalue weighted by Crippen LogP contribution is 2.20. The Balaban J connectivity index is 1.55. The Labute approximate surface area is 177 Å². The highest BCUT2D eigenvalue weighted by Gasteiger charge is 2.07. The van der Waals surface area contributed by atoms with Crippen molar-refractivity contribution in [2.24, 2.45) is 0 Å². The lowest BCUT2D eigenvalue weighted by Gasteiger charge is -2.08. The van der Waals surface area contributed by atoms with Crippen molar-refractivity contribution in [2.45, 2.75) is 12.8 Å². The molecule has 0 spiro atoms. The van der Waals surface area contributed by atoms with Crippen molar-refractivity contribution in [3.8, 4) is 22.9 Å². The number of hydrogen-bond acceptors (Lipinski definition) is 4. The van der Waals surface area contributed by atoms with Crippen molar-refractivity contribution < 1.29 is 9.47 Å². The Bertz CT molecular complexity index is 1050. The van der Waals surface area contributed by atoms with Crippen LogP contribution in [0.15, 0.2) is 84.9 Å². The Kier molecular flexibility index (Phi) is 6.04. The maximum absolute atomic E-state index is 5.32. The molecule has 0 N–H and O–H groups in total. The average Bonchev–Trinajstić information content (AvgIpc) is 2.80. The molecule has 0 aliphatic carbocycles. The minimum atomic E-state index is 0.745. The summed E-state index contributed by atoms with van der Waals surface area (Å²) in [6, 6.07) is 28.3. The Morgan fingerprint density at radius 2 is 1.00 bits per heavy atom. The molecule has 2 aromatic carbocycles. The molecule has 0 aliphatic heterocycles. The van der Waals surface area contributed by atoms with Crippen LogP contribution in [-0.4, -0.2) is 24.2 Å². The van der Waals surface area contributed by atoms with E-state index in [1.807, 2.05) is 72.8 Å². The van der Waals surface area contributed by atoms with E-state index in [0.29, 0.717) is 0 Å². The van der Waals surface area contributed by atoms with Crippen molar-refractivity contribution in [3.63, 3.8) is 0 Å². The van der Waals surface area contributed by atoms with E-state index in [1.54, 1.807) is 14.2 Å². The lowest BCUT2D eigenvalue weighted by molar-refractivity contribution is 0.414. The number of aromatic nitrogens is 2. The summed E-state index contributed by atoms with van der Waals surface area (Å²) in [4.78, 5) is 9.69. The maximum Gasteiger partial charge on any atom is 0.119 e. The standard InChI is InChI=1S/C26H24N2O2/c1-29-23-11-3-7-19(17-23)15-21-9-5-13-25(27-21)26-14-6-10-22(28-26)16-20-8-4-12-24(18-20)30-2/h3-14,17-18H,15-16H2,1-2H3. The normalized spacial score (nSPS) is 10.6. The van der Waals surface area contributed by atoms with Gasteiger partial charge < -0.3 is 9.47 Å². The molecule has 0 radical (unpaired) electrons. The molecule has 0 aliphatic rings. The van der Waals surface area contributed by atoms with E-state index >= 15 is 0 Å². The lowest BCUT2D eigenvalue weighted by atomic mass is 10.1. The molecular weight excluding hydrogens is 372 g/mol. The number of pyridine rings is 2. The third kappa shape index (κ3) is 4.84. The van der Waals surface area contributed by atoms with Gasteiger partial charge in [0.15, 0.2) is 0 Å². The van der Waals surface area contributed by atoms with Crippen LogP contribution >= 0.6 is 0 Å². The number of benzene rings is 2. The number of rotatable bonds is 7. The van der Waals surface area contributed by atoms with Gasteiger partial charge in [0.05, 0.1) is 25.6 Å². The number of hydrogen-bond donors (Lipinski definition) is 0. The van der Waals surface area contributed by atoms with Crippen LogP contribution < -0.4 is 9.47 Å². The SMILES string of the molecule is COc1cccc(Cc2cccc(-c3cccc(Cc4cccc(OC)c4)n3)n2)c1. The fourth-order valence-electron chi connectivity index (χ4n) is 3.42. The molecule has 0 unspecified atom stereocenters. The summed E-state index contributed by atoms with van der Waals surface area (Å²) in [5.41, 5.74) is 6.09. The molecular formula is C26H24N2O2. The van der Waals surface area contributed by atoms with E-state index in [0.717, 1.165) is 47.1 Å². The summed E-state index contributed by atoms with van der Waals surface area (Å²) in [5, 5.41) is 0. The lowest BCUT2D eigenvalue weighted by Crippen LogP contribution is -1.98. The quantitative estimate of drug-likeness (QED) is 0.423. The summed E-state index contributed by atoms with van der Waals surface area (Å²) in [5.74, 6) is 1.71. The van der Waals surface area contributed by atoms with Crippen molar-refractivity contribution in [2.75, 3.05) is 14.2 Å². The van der Waals surface area contributed by atoms with Crippen molar-refractivity contribution in [1.29, 1.82) is 0 Å². The van der Waals surface area contributed by atoms with Gasteiger partial charge in [-0.2, -0.15) is 0 Å². The molecule has 0 atom stereocenters. The van der Waals surface area contributed by atoms with Crippen LogP contribution in [0, 0.1) is 0 Å². The van der Waals surface area contributed by atoms with Crippen LogP contribution in [0.25, 0.3) is 11.4 Å². The fraction of sp³-hybridized carbons (Fsp3) is 0.154. The summed E-state index contributed by atoms with van der Waals surface area (Å²) in [6.07, 6.45) is 1.49. The molecule has 4 heteroatoms.